The summed E-state index contributed by atoms with van der Waals surface area (Å²) in [6.07, 6.45) is 1.69. The van der Waals surface area contributed by atoms with Crippen LogP contribution in [0.2, 0.25) is 0 Å². The fourth-order valence-corrected chi connectivity index (χ4v) is 4.69. The molecule has 2 atom stereocenters. The standard InChI is InChI=1S/C17H19FN4O2S2/c1-22-17(20)21-13(9-26(22)23)16-12(18)8-14(25-16)11-5-3-4-10(6-11)7-15(19)24-2/h3-8,13H,9,19H2,1-2H3,(H2,20,21)/b15-7+. The molecule has 0 saturated carbocycles. The normalized spacial score (nSPS) is 20.8. The van der Waals surface area contributed by atoms with Gasteiger partial charge in [0.1, 0.15) is 22.8 Å². The Morgan fingerprint density at radius 3 is 2.96 bits per heavy atom. The van der Waals surface area contributed by atoms with Crippen molar-refractivity contribution in [2.24, 2.45) is 16.5 Å². The van der Waals surface area contributed by atoms with Gasteiger partial charge in [-0.15, -0.1) is 11.3 Å². The van der Waals surface area contributed by atoms with E-state index in [2.05, 4.69) is 4.99 Å². The van der Waals surface area contributed by atoms with Crippen LogP contribution in [0, 0.1) is 5.82 Å². The highest BCUT2D eigenvalue weighted by atomic mass is 32.2. The first-order chi connectivity index (χ1) is 12.4. The number of nitrogens with two attached hydrogens (primary N) is 2. The number of thiophene rings is 1. The predicted octanol–water partition coefficient (Wildman–Crippen LogP) is 2.42. The summed E-state index contributed by atoms with van der Waals surface area (Å²) in [7, 11) is 1.78. The Balaban J connectivity index is 1.94. The van der Waals surface area contributed by atoms with E-state index in [4.69, 9.17) is 16.2 Å². The van der Waals surface area contributed by atoms with Crippen LogP contribution in [0.15, 0.2) is 41.2 Å². The molecule has 2 heterocycles. The fraction of sp³-hybridized carbons (Fsp3) is 0.235. The molecule has 3 rings (SSSR count). The Bertz CT molecular complexity index is 910. The van der Waals surface area contributed by atoms with Gasteiger partial charge in [-0.1, -0.05) is 18.2 Å². The highest BCUT2D eigenvalue weighted by Crippen LogP contribution is 2.37. The van der Waals surface area contributed by atoms with E-state index in [0.717, 1.165) is 16.0 Å². The molecule has 0 bridgehead atoms. The maximum Gasteiger partial charge on any atom is 0.203 e. The number of hydrogen-bond donors (Lipinski definition) is 2. The highest BCUT2D eigenvalue weighted by Gasteiger charge is 2.28. The minimum atomic E-state index is -1.32. The maximum absolute atomic E-state index is 14.5. The van der Waals surface area contributed by atoms with E-state index in [-0.39, 0.29) is 17.5 Å². The van der Waals surface area contributed by atoms with Crippen molar-refractivity contribution in [2.45, 2.75) is 6.04 Å². The van der Waals surface area contributed by atoms with Crippen LogP contribution in [0.4, 0.5) is 4.39 Å². The smallest absolute Gasteiger partial charge is 0.203 e. The molecule has 0 fully saturated rings. The lowest BCUT2D eigenvalue weighted by molar-refractivity contribution is 0.291. The highest BCUT2D eigenvalue weighted by molar-refractivity contribution is 7.83. The Kier molecular flexibility index (Phi) is 5.28. The number of ether oxygens (including phenoxy) is 1. The number of hydrogen-bond acceptors (Lipinski definition) is 6. The molecular formula is C17H19FN4O2S2. The van der Waals surface area contributed by atoms with Crippen LogP contribution < -0.4 is 11.5 Å². The molecule has 1 aliphatic heterocycles. The summed E-state index contributed by atoms with van der Waals surface area (Å²) in [4.78, 5) is 5.46. The van der Waals surface area contributed by atoms with E-state index in [1.807, 2.05) is 24.3 Å². The third-order valence-corrected chi connectivity index (χ3v) is 6.61. The quantitative estimate of drug-likeness (QED) is 0.779. The molecule has 2 aromatic rings. The van der Waals surface area contributed by atoms with Crippen LogP contribution in [0.25, 0.3) is 16.5 Å². The van der Waals surface area contributed by atoms with E-state index >= 15 is 0 Å². The van der Waals surface area contributed by atoms with Gasteiger partial charge >= 0.3 is 0 Å². The van der Waals surface area contributed by atoms with Crippen LogP contribution in [0.5, 0.6) is 0 Å². The van der Waals surface area contributed by atoms with Crippen molar-refractivity contribution in [3.63, 3.8) is 0 Å². The number of halogens is 1. The SMILES string of the molecule is CO/C(N)=C/c1cccc(-c2cc(F)c(C3CS(=O)N(C)C(N)=N3)s2)c1. The lowest BCUT2D eigenvalue weighted by Crippen LogP contribution is -2.41. The minimum absolute atomic E-state index is 0.149. The lowest BCUT2D eigenvalue weighted by Gasteiger charge is -2.25. The molecule has 1 aromatic heterocycles. The number of benzene rings is 1. The van der Waals surface area contributed by atoms with Gasteiger partial charge in [0.15, 0.2) is 5.88 Å². The van der Waals surface area contributed by atoms with Crippen molar-refractivity contribution in [1.29, 1.82) is 0 Å². The van der Waals surface area contributed by atoms with Crippen LogP contribution in [0.1, 0.15) is 16.5 Å². The Labute approximate surface area is 157 Å². The summed E-state index contributed by atoms with van der Waals surface area (Å²) >= 11 is 1.28. The van der Waals surface area contributed by atoms with E-state index in [9.17, 15) is 8.60 Å². The van der Waals surface area contributed by atoms with Crippen LogP contribution in [-0.4, -0.2) is 34.4 Å². The molecule has 0 saturated heterocycles. The van der Waals surface area contributed by atoms with Gasteiger partial charge in [-0.3, -0.25) is 4.31 Å². The van der Waals surface area contributed by atoms with Crippen LogP contribution >= 0.6 is 11.3 Å². The molecule has 26 heavy (non-hydrogen) atoms. The summed E-state index contributed by atoms with van der Waals surface area (Å²) in [5.74, 6) is 0.279. The second-order valence-corrected chi connectivity index (χ2v) is 8.30. The van der Waals surface area contributed by atoms with Gasteiger partial charge in [-0.05, 0) is 23.3 Å². The molecule has 0 spiro atoms. The summed E-state index contributed by atoms with van der Waals surface area (Å²) in [5.41, 5.74) is 13.2. The first-order valence-electron chi connectivity index (χ1n) is 7.75. The van der Waals surface area contributed by atoms with Gasteiger partial charge in [0.25, 0.3) is 0 Å². The fourth-order valence-electron chi connectivity index (χ4n) is 2.52. The van der Waals surface area contributed by atoms with Gasteiger partial charge in [0.05, 0.1) is 17.7 Å². The zero-order valence-corrected chi connectivity index (χ0v) is 15.9. The molecular weight excluding hydrogens is 375 g/mol. The first kappa shape index (κ1) is 18.4. The lowest BCUT2D eigenvalue weighted by atomic mass is 10.1. The summed E-state index contributed by atoms with van der Waals surface area (Å²) in [5, 5.41) is 0. The van der Waals surface area contributed by atoms with Crippen molar-refractivity contribution < 1.29 is 13.3 Å². The number of rotatable bonds is 4. The van der Waals surface area contributed by atoms with E-state index in [1.165, 1.54) is 28.8 Å². The Hall–Kier alpha value is -2.39. The van der Waals surface area contributed by atoms with Gasteiger partial charge in [0.2, 0.25) is 5.96 Å². The van der Waals surface area contributed by atoms with E-state index in [0.29, 0.717) is 10.8 Å². The van der Waals surface area contributed by atoms with Crippen molar-refractivity contribution >= 4 is 34.4 Å². The molecule has 9 heteroatoms. The van der Waals surface area contributed by atoms with E-state index < -0.39 is 17.0 Å². The summed E-state index contributed by atoms with van der Waals surface area (Å²) < 4.78 is 33.0. The van der Waals surface area contributed by atoms with Crippen molar-refractivity contribution in [1.82, 2.24) is 4.31 Å². The first-order valence-corrected chi connectivity index (χ1v) is 9.84. The van der Waals surface area contributed by atoms with E-state index in [1.54, 1.807) is 13.1 Å². The number of nitrogens with zero attached hydrogens (tertiary/aromatic N) is 2. The Morgan fingerprint density at radius 2 is 2.27 bits per heavy atom. The maximum atomic E-state index is 14.5. The summed E-state index contributed by atoms with van der Waals surface area (Å²) in [6, 6.07) is 8.45. The predicted molar refractivity (Wildman–Crippen MR) is 104 cm³/mol. The minimum Gasteiger partial charge on any atom is -0.483 e. The molecule has 6 nitrogen and oxygen atoms in total. The molecule has 0 amide bonds. The number of guanidine groups is 1. The van der Waals surface area contributed by atoms with Gasteiger partial charge in [-0.2, -0.15) is 0 Å². The molecule has 2 unspecified atom stereocenters. The largest absolute Gasteiger partial charge is 0.483 e. The third kappa shape index (κ3) is 3.73. The second kappa shape index (κ2) is 7.46. The van der Waals surface area contributed by atoms with Crippen molar-refractivity contribution in [2.75, 3.05) is 19.9 Å². The molecule has 1 aliphatic rings. The topological polar surface area (TPSA) is 93.9 Å². The van der Waals surface area contributed by atoms with Gasteiger partial charge in [-0.25, -0.2) is 13.6 Å². The van der Waals surface area contributed by atoms with Crippen LogP contribution in [0.3, 0.4) is 0 Å². The van der Waals surface area contributed by atoms with Gasteiger partial charge in [0, 0.05) is 18.0 Å². The molecule has 0 radical (unpaired) electrons. The van der Waals surface area contributed by atoms with Crippen LogP contribution in [-0.2, 0) is 15.7 Å². The summed E-state index contributed by atoms with van der Waals surface area (Å²) in [6.45, 7) is 0. The zero-order valence-electron chi connectivity index (χ0n) is 14.3. The second-order valence-electron chi connectivity index (χ2n) is 5.69. The van der Waals surface area contributed by atoms with Crippen molar-refractivity contribution in [3.8, 4) is 10.4 Å². The average molecular weight is 394 g/mol. The molecule has 0 aliphatic carbocycles. The van der Waals surface area contributed by atoms with Crippen molar-refractivity contribution in [3.05, 3.63) is 52.5 Å². The average Bonchev–Trinajstić information content (AvgIpc) is 3.01. The number of methoxy groups -OCH3 is 1. The number of aliphatic imine (C=N–C) groups is 1. The molecule has 138 valence electrons. The third-order valence-electron chi connectivity index (χ3n) is 3.95. The monoisotopic (exact) mass is 394 g/mol. The molecule has 1 aromatic carbocycles. The van der Waals surface area contributed by atoms with Gasteiger partial charge < -0.3 is 16.2 Å². The zero-order chi connectivity index (χ0) is 18.8. The Morgan fingerprint density at radius 1 is 1.50 bits per heavy atom. The molecule has 4 N–H and O–H groups in total.